The van der Waals surface area contributed by atoms with Gasteiger partial charge in [-0.25, -0.2) is 0 Å². The molecule has 34 heavy (non-hydrogen) atoms. The Bertz CT molecular complexity index is 1080. The van der Waals surface area contributed by atoms with Gasteiger partial charge in [0.2, 0.25) is 5.78 Å². The molecule has 2 aromatic rings. The van der Waals surface area contributed by atoms with E-state index in [1.54, 1.807) is 6.07 Å². The third-order valence-electron chi connectivity index (χ3n) is 7.01. The van der Waals surface area contributed by atoms with Crippen molar-refractivity contribution in [3.05, 3.63) is 52.2 Å². The maximum atomic E-state index is 13.0. The van der Waals surface area contributed by atoms with Gasteiger partial charge in [0.05, 0.1) is 6.04 Å². The lowest BCUT2D eigenvalue weighted by molar-refractivity contribution is -0.131. The van der Waals surface area contributed by atoms with Gasteiger partial charge in [-0.2, -0.15) is 0 Å². The summed E-state index contributed by atoms with van der Waals surface area (Å²) < 4.78 is 0. The molecule has 10 heteroatoms. The van der Waals surface area contributed by atoms with Gasteiger partial charge in [-0.15, -0.1) is 10.2 Å². The van der Waals surface area contributed by atoms with E-state index in [0.29, 0.717) is 37.4 Å². The second kappa shape index (κ2) is 9.77. The molecule has 178 valence electrons. The van der Waals surface area contributed by atoms with E-state index in [1.165, 1.54) is 5.56 Å². The summed E-state index contributed by atoms with van der Waals surface area (Å²) in [6, 6.07) is 9.42. The van der Waals surface area contributed by atoms with Gasteiger partial charge >= 0.3 is 0 Å². The third kappa shape index (κ3) is 4.68. The average Bonchev–Trinajstić information content (AvgIpc) is 3.20. The standard InChI is InChI=1S/C24H27ClN6O3/c25-22-5-6-23(28-27-22)30-9-7-29(8-10-30)13-16-1-3-19-17(11-16)14-31(24(19)34)18-2-4-20(26-12-18)21(33)15-32/h1,3,5-6,11,15,18,20,26H,2,4,7-10,12-14H2. The zero-order valence-electron chi connectivity index (χ0n) is 18.8. The lowest BCUT2D eigenvalue weighted by atomic mass is 9.97. The maximum absolute atomic E-state index is 13.0. The van der Waals surface area contributed by atoms with Crippen LogP contribution in [0.5, 0.6) is 0 Å². The van der Waals surface area contributed by atoms with Crippen molar-refractivity contribution in [3.8, 4) is 0 Å². The van der Waals surface area contributed by atoms with Crippen molar-refractivity contribution >= 4 is 35.4 Å². The van der Waals surface area contributed by atoms with Crippen molar-refractivity contribution in [3.63, 3.8) is 0 Å². The normalized spacial score (nSPS) is 23.1. The van der Waals surface area contributed by atoms with Crippen LogP contribution >= 0.6 is 11.6 Å². The number of anilines is 1. The molecule has 5 rings (SSSR count). The van der Waals surface area contributed by atoms with Crippen molar-refractivity contribution in [1.82, 2.24) is 25.3 Å². The van der Waals surface area contributed by atoms with E-state index in [-0.39, 0.29) is 11.9 Å². The second-order valence-electron chi connectivity index (χ2n) is 9.11. The molecule has 0 aliphatic carbocycles. The summed E-state index contributed by atoms with van der Waals surface area (Å²) in [5, 5.41) is 11.6. The van der Waals surface area contributed by atoms with E-state index in [4.69, 9.17) is 11.6 Å². The smallest absolute Gasteiger partial charge is 0.254 e. The van der Waals surface area contributed by atoms with E-state index in [1.807, 2.05) is 17.0 Å². The number of halogens is 1. The number of carbonyl (C=O) groups excluding carboxylic acids is 3. The third-order valence-corrected chi connectivity index (χ3v) is 7.21. The minimum atomic E-state index is -0.423. The first-order chi connectivity index (χ1) is 16.5. The summed E-state index contributed by atoms with van der Waals surface area (Å²) >= 11 is 5.84. The largest absolute Gasteiger partial charge is 0.353 e. The Morgan fingerprint density at radius 2 is 1.94 bits per heavy atom. The van der Waals surface area contributed by atoms with E-state index in [2.05, 4.69) is 37.4 Å². The molecule has 9 nitrogen and oxygen atoms in total. The molecule has 2 atom stereocenters. The predicted molar refractivity (Wildman–Crippen MR) is 127 cm³/mol. The quantitative estimate of drug-likeness (QED) is 0.486. The minimum absolute atomic E-state index is 0.0306. The predicted octanol–water partition coefficient (Wildman–Crippen LogP) is 1.30. The van der Waals surface area contributed by atoms with Crippen LogP contribution in [-0.4, -0.2) is 82.8 Å². The molecule has 3 aliphatic rings. The van der Waals surface area contributed by atoms with Crippen molar-refractivity contribution in [2.24, 2.45) is 0 Å². The summed E-state index contributed by atoms with van der Waals surface area (Å²) in [6.45, 7) is 5.53. The average molecular weight is 483 g/mol. The molecule has 1 aromatic carbocycles. The fourth-order valence-electron chi connectivity index (χ4n) is 5.09. The van der Waals surface area contributed by atoms with Gasteiger partial charge in [-0.05, 0) is 42.2 Å². The highest BCUT2D eigenvalue weighted by Crippen LogP contribution is 2.29. The number of ketones is 1. The van der Waals surface area contributed by atoms with Gasteiger partial charge in [0.25, 0.3) is 5.91 Å². The topological polar surface area (TPSA) is 98.7 Å². The van der Waals surface area contributed by atoms with E-state index < -0.39 is 11.8 Å². The molecule has 1 N–H and O–H groups in total. The molecule has 2 saturated heterocycles. The number of hydrogen-bond acceptors (Lipinski definition) is 8. The van der Waals surface area contributed by atoms with E-state index in [9.17, 15) is 14.4 Å². The number of nitrogens with zero attached hydrogens (tertiary/aromatic N) is 5. The zero-order chi connectivity index (χ0) is 23.7. The van der Waals surface area contributed by atoms with Gasteiger partial charge in [0.1, 0.15) is 0 Å². The number of hydrogen-bond donors (Lipinski definition) is 1. The molecule has 0 saturated carbocycles. The number of aromatic nitrogens is 2. The highest BCUT2D eigenvalue weighted by molar-refractivity contribution is 6.29. The van der Waals surface area contributed by atoms with Crippen molar-refractivity contribution in [1.29, 1.82) is 0 Å². The highest BCUT2D eigenvalue weighted by Gasteiger charge is 2.36. The van der Waals surface area contributed by atoms with Crippen molar-refractivity contribution in [2.45, 2.75) is 38.0 Å². The first kappa shape index (κ1) is 22.9. The number of piperidine rings is 1. The van der Waals surface area contributed by atoms with Gasteiger partial charge in [-0.1, -0.05) is 23.7 Å². The number of rotatable bonds is 6. The lowest BCUT2D eigenvalue weighted by Gasteiger charge is -2.35. The molecular formula is C24H27ClN6O3. The Balaban J connectivity index is 1.16. The number of benzene rings is 1. The summed E-state index contributed by atoms with van der Waals surface area (Å²) in [5.41, 5.74) is 3.02. The van der Waals surface area contributed by atoms with Gasteiger partial charge in [0.15, 0.2) is 17.3 Å². The van der Waals surface area contributed by atoms with E-state index in [0.717, 1.165) is 49.7 Å². The van der Waals surface area contributed by atoms with Gasteiger partial charge in [-0.3, -0.25) is 19.3 Å². The number of carbonyl (C=O) groups is 3. The van der Waals surface area contributed by atoms with Crippen LogP contribution < -0.4 is 10.2 Å². The zero-order valence-corrected chi connectivity index (χ0v) is 19.6. The number of aldehydes is 1. The first-order valence-corrected chi connectivity index (χ1v) is 12.0. The van der Waals surface area contributed by atoms with Crippen molar-refractivity contribution < 1.29 is 14.4 Å². The minimum Gasteiger partial charge on any atom is -0.353 e. The second-order valence-corrected chi connectivity index (χ2v) is 9.50. The summed E-state index contributed by atoms with van der Waals surface area (Å²) in [6.07, 6.45) is 1.66. The van der Waals surface area contributed by atoms with E-state index >= 15 is 0 Å². The number of amides is 1. The van der Waals surface area contributed by atoms with Crippen LogP contribution in [-0.2, 0) is 22.7 Å². The monoisotopic (exact) mass is 482 g/mol. The fourth-order valence-corrected chi connectivity index (χ4v) is 5.19. The summed E-state index contributed by atoms with van der Waals surface area (Å²) in [7, 11) is 0. The molecule has 2 fully saturated rings. The molecule has 3 aliphatic heterocycles. The van der Waals surface area contributed by atoms with Gasteiger partial charge in [0, 0.05) is 57.4 Å². The molecule has 1 amide bonds. The summed E-state index contributed by atoms with van der Waals surface area (Å²) in [5.74, 6) is 0.478. The Morgan fingerprint density at radius 1 is 1.12 bits per heavy atom. The molecule has 4 heterocycles. The Kier molecular flexibility index (Phi) is 6.58. The van der Waals surface area contributed by atoms with Crippen LogP contribution in [0.4, 0.5) is 5.82 Å². The van der Waals surface area contributed by atoms with Crippen LogP contribution in [0.2, 0.25) is 5.15 Å². The Hall–Kier alpha value is -2.88. The molecule has 2 unspecified atom stereocenters. The van der Waals surface area contributed by atoms with Crippen LogP contribution in [0, 0.1) is 0 Å². The maximum Gasteiger partial charge on any atom is 0.254 e. The Labute approximate surface area is 203 Å². The number of Topliss-reactive ketones (excluding diaryl/α,β-unsaturated/α-hetero) is 1. The molecule has 0 radical (unpaired) electrons. The molecule has 0 spiro atoms. The van der Waals surface area contributed by atoms with Crippen LogP contribution in [0.3, 0.4) is 0 Å². The molecule has 1 aromatic heterocycles. The molecular weight excluding hydrogens is 456 g/mol. The highest BCUT2D eigenvalue weighted by atomic mass is 35.5. The molecule has 0 bridgehead atoms. The van der Waals surface area contributed by atoms with Crippen LogP contribution in [0.15, 0.2) is 30.3 Å². The number of piperazine rings is 1. The summed E-state index contributed by atoms with van der Waals surface area (Å²) in [4.78, 5) is 41.9. The van der Waals surface area contributed by atoms with Crippen molar-refractivity contribution in [2.75, 3.05) is 37.6 Å². The fraction of sp³-hybridized carbons (Fsp3) is 0.458. The Morgan fingerprint density at radius 3 is 2.62 bits per heavy atom. The SMILES string of the molecule is O=CC(=O)C1CCC(N2Cc3cc(CN4CCN(c5ccc(Cl)nn5)CC4)ccc3C2=O)CN1. The van der Waals surface area contributed by atoms with Crippen LogP contribution in [0.1, 0.15) is 34.3 Å². The lowest BCUT2D eigenvalue weighted by Crippen LogP contribution is -2.52. The number of fused-ring (bicyclic) bond motifs is 1. The number of nitrogens with one attached hydrogen (secondary N) is 1. The van der Waals surface area contributed by atoms with Gasteiger partial charge < -0.3 is 15.1 Å². The first-order valence-electron chi connectivity index (χ1n) is 11.6. The van der Waals surface area contributed by atoms with Crippen LogP contribution in [0.25, 0.3) is 0 Å².